The van der Waals surface area contributed by atoms with E-state index in [0.717, 1.165) is 18.6 Å². The molecule has 0 bridgehead atoms. The summed E-state index contributed by atoms with van der Waals surface area (Å²) in [5.74, 6) is 0.687. The summed E-state index contributed by atoms with van der Waals surface area (Å²) >= 11 is 1.82. The fourth-order valence-electron chi connectivity index (χ4n) is 3.42. The van der Waals surface area contributed by atoms with Gasteiger partial charge in [0.15, 0.2) is 0 Å². The Hall–Kier alpha value is -1.16. The number of fused-ring (bicyclic) bond motifs is 1. The molecule has 2 aliphatic heterocycles. The third-order valence-electron chi connectivity index (χ3n) is 5.03. The molecule has 3 amide bonds. The minimum atomic E-state index is -4.67. The van der Waals surface area contributed by atoms with Gasteiger partial charge >= 0.3 is 16.4 Å². The Morgan fingerprint density at radius 3 is 2.77 bits per heavy atom. The third kappa shape index (κ3) is 8.53. The highest BCUT2D eigenvalue weighted by Crippen LogP contribution is 2.33. The molecule has 2 heterocycles. The summed E-state index contributed by atoms with van der Waals surface area (Å²) in [7, 11) is -4.67. The van der Waals surface area contributed by atoms with E-state index in [-0.39, 0.29) is 37.0 Å². The first-order chi connectivity index (χ1) is 14.0. The van der Waals surface area contributed by atoms with E-state index in [9.17, 15) is 28.2 Å². The Morgan fingerprint density at radius 2 is 2.07 bits per heavy atom. The molecule has 2 aliphatic rings. The van der Waals surface area contributed by atoms with E-state index in [4.69, 9.17) is 10.3 Å². The van der Waals surface area contributed by atoms with Crippen molar-refractivity contribution < 1.29 is 37.0 Å². The number of aliphatic hydroxyl groups excluding tert-OH is 2. The van der Waals surface area contributed by atoms with Gasteiger partial charge in [-0.2, -0.15) is 20.2 Å². The lowest BCUT2D eigenvalue weighted by atomic mass is 10.0. The zero-order valence-corrected chi connectivity index (χ0v) is 18.0. The van der Waals surface area contributed by atoms with E-state index < -0.39 is 35.3 Å². The van der Waals surface area contributed by atoms with Crippen molar-refractivity contribution in [3.05, 3.63) is 0 Å². The number of hydrogen-bond donors (Lipinski definition) is 7. The van der Waals surface area contributed by atoms with Crippen LogP contribution in [-0.4, -0.2) is 89.6 Å². The number of aliphatic hydroxyl groups is 2. The van der Waals surface area contributed by atoms with Gasteiger partial charge in [0.25, 0.3) is 0 Å². The van der Waals surface area contributed by atoms with Gasteiger partial charge in [-0.1, -0.05) is 6.42 Å². The summed E-state index contributed by atoms with van der Waals surface area (Å²) in [5.41, 5.74) is 5.77. The number of nitrogens with one attached hydrogen (secondary N) is 3. The molecule has 6 atom stereocenters. The highest BCUT2D eigenvalue weighted by molar-refractivity contribution is 8.00. The molecule has 8 N–H and O–H groups in total. The smallest absolute Gasteiger partial charge is 0.391 e. The van der Waals surface area contributed by atoms with Crippen LogP contribution in [-0.2, 0) is 19.4 Å². The van der Waals surface area contributed by atoms with Crippen molar-refractivity contribution in [2.24, 2.45) is 5.73 Å². The van der Waals surface area contributed by atoms with Gasteiger partial charge in [0, 0.05) is 36.4 Å². The first kappa shape index (κ1) is 25.1. The molecule has 0 saturated carbocycles. The van der Waals surface area contributed by atoms with Gasteiger partial charge in [0.05, 0.1) is 30.9 Å². The second kappa shape index (κ2) is 11.5. The molecular formula is C16H30N4O8S2. The van der Waals surface area contributed by atoms with Crippen molar-refractivity contribution in [2.45, 2.75) is 67.7 Å². The fourth-order valence-corrected chi connectivity index (χ4v) is 5.29. The number of rotatable bonds is 13. The normalized spacial score (nSPS) is 26.4. The Balaban J connectivity index is 1.55. The maximum absolute atomic E-state index is 11.9. The molecule has 0 aliphatic carbocycles. The van der Waals surface area contributed by atoms with Crippen LogP contribution in [0.15, 0.2) is 0 Å². The predicted molar refractivity (Wildman–Crippen MR) is 109 cm³/mol. The van der Waals surface area contributed by atoms with Crippen LogP contribution in [0, 0.1) is 0 Å². The van der Waals surface area contributed by atoms with Crippen LogP contribution in [0.4, 0.5) is 4.79 Å². The number of unbranched alkanes of at least 4 members (excludes halogenated alkanes) is 1. The number of amides is 3. The lowest BCUT2D eigenvalue weighted by Gasteiger charge is -2.21. The Kier molecular flexibility index (Phi) is 9.59. The lowest BCUT2D eigenvalue weighted by Crippen LogP contribution is -2.46. The van der Waals surface area contributed by atoms with Crippen molar-refractivity contribution in [3.8, 4) is 0 Å². The quantitative estimate of drug-likeness (QED) is 0.0904. The van der Waals surface area contributed by atoms with Crippen LogP contribution in [0.5, 0.6) is 0 Å². The van der Waals surface area contributed by atoms with E-state index in [0.29, 0.717) is 18.1 Å². The van der Waals surface area contributed by atoms with Crippen LogP contribution >= 0.6 is 11.8 Å². The summed E-state index contributed by atoms with van der Waals surface area (Å²) in [6, 6.07) is -0.651. The minimum Gasteiger partial charge on any atom is -0.391 e. The molecule has 2 rings (SSSR count). The Labute approximate surface area is 179 Å². The molecule has 14 heteroatoms. The SMILES string of the molecule is NC(CNC(=O)CCCCC1SC[C@@H]2NC(=O)N[C@H]12)C(O)CC(O)COS(=O)(=O)O. The molecule has 0 radical (unpaired) electrons. The van der Waals surface area contributed by atoms with Crippen molar-refractivity contribution in [3.63, 3.8) is 0 Å². The van der Waals surface area contributed by atoms with Gasteiger partial charge in [-0.25, -0.2) is 8.98 Å². The van der Waals surface area contributed by atoms with E-state index >= 15 is 0 Å². The monoisotopic (exact) mass is 470 g/mol. The molecule has 0 aromatic heterocycles. The van der Waals surface area contributed by atoms with Gasteiger partial charge in [-0.15, -0.1) is 0 Å². The minimum absolute atomic E-state index is 0.00813. The number of carbonyl (C=O) groups excluding carboxylic acids is 2. The number of hydrogen-bond acceptors (Lipinski definition) is 9. The molecule has 0 spiro atoms. The predicted octanol–water partition coefficient (Wildman–Crippen LogP) is -1.91. The number of thioether (sulfide) groups is 1. The van der Waals surface area contributed by atoms with Crippen molar-refractivity contribution in [2.75, 3.05) is 18.9 Å². The average molecular weight is 471 g/mol. The van der Waals surface area contributed by atoms with Gasteiger partial charge in [-0.3, -0.25) is 9.35 Å². The van der Waals surface area contributed by atoms with Gasteiger partial charge < -0.3 is 31.9 Å². The highest BCUT2D eigenvalue weighted by atomic mass is 32.3. The molecule has 174 valence electrons. The molecular weight excluding hydrogens is 440 g/mol. The van der Waals surface area contributed by atoms with Gasteiger partial charge in [-0.05, 0) is 12.8 Å². The summed E-state index contributed by atoms with van der Waals surface area (Å²) in [6.07, 6.45) is -0.0835. The van der Waals surface area contributed by atoms with Gasteiger partial charge in [0.1, 0.15) is 0 Å². The standard InChI is InChI=1S/C16H30N4O8S2/c17-10(12(22)5-9(21)7-28-30(25,26)27)6-18-14(23)4-2-1-3-13-15-11(8-29-13)19-16(24)20-15/h9-13,15,21-22H,1-8,17H2,(H,18,23)(H2,19,20,24)(H,25,26,27)/t9?,10?,11-,12?,13?,15-/m0/s1. The first-order valence-corrected chi connectivity index (χ1v) is 12.2. The largest absolute Gasteiger partial charge is 0.397 e. The van der Waals surface area contributed by atoms with Crippen molar-refractivity contribution in [1.82, 2.24) is 16.0 Å². The fraction of sp³-hybridized carbons (Fsp3) is 0.875. The van der Waals surface area contributed by atoms with E-state index in [2.05, 4.69) is 20.1 Å². The molecule has 4 unspecified atom stereocenters. The molecule has 12 nitrogen and oxygen atoms in total. The topological polar surface area (TPSA) is 200 Å². The molecule has 0 aromatic rings. The number of urea groups is 1. The average Bonchev–Trinajstić information content (AvgIpc) is 3.20. The molecule has 2 saturated heterocycles. The van der Waals surface area contributed by atoms with Crippen LogP contribution in [0.1, 0.15) is 32.1 Å². The second-order valence-electron chi connectivity index (χ2n) is 7.50. The summed E-state index contributed by atoms with van der Waals surface area (Å²) in [5, 5.41) is 28.3. The zero-order valence-electron chi connectivity index (χ0n) is 16.4. The summed E-state index contributed by atoms with van der Waals surface area (Å²) in [4.78, 5) is 23.3. The number of carbonyl (C=O) groups is 2. The van der Waals surface area contributed by atoms with E-state index in [1.807, 2.05) is 11.8 Å². The second-order valence-corrected chi connectivity index (χ2v) is 9.87. The highest BCUT2D eigenvalue weighted by Gasteiger charge is 2.42. The Bertz CT molecular complexity index is 695. The zero-order chi connectivity index (χ0) is 22.3. The Morgan fingerprint density at radius 1 is 1.33 bits per heavy atom. The van der Waals surface area contributed by atoms with Crippen LogP contribution in [0.2, 0.25) is 0 Å². The lowest BCUT2D eigenvalue weighted by molar-refractivity contribution is -0.121. The maximum atomic E-state index is 11.9. The van der Waals surface area contributed by atoms with Crippen LogP contribution < -0.4 is 21.7 Å². The van der Waals surface area contributed by atoms with Crippen molar-refractivity contribution >= 4 is 34.1 Å². The molecule has 30 heavy (non-hydrogen) atoms. The van der Waals surface area contributed by atoms with Gasteiger partial charge in [0.2, 0.25) is 5.91 Å². The first-order valence-electron chi connectivity index (χ1n) is 9.74. The van der Waals surface area contributed by atoms with E-state index in [1.54, 1.807) is 0 Å². The van der Waals surface area contributed by atoms with Crippen LogP contribution in [0.25, 0.3) is 0 Å². The summed E-state index contributed by atoms with van der Waals surface area (Å²) in [6.45, 7) is -0.721. The third-order valence-corrected chi connectivity index (χ3v) is 6.98. The van der Waals surface area contributed by atoms with Crippen molar-refractivity contribution in [1.29, 1.82) is 0 Å². The number of nitrogens with two attached hydrogens (primary N) is 1. The van der Waals surface area contributed by atoms with E-state index in [1.165, 1.54) is 0 Å². The molecule has 2 fully saturated rings. The van der Waals surface area contributed by atoms with Crippen LogP contribution in [0.3, 0.4) is 0 Å². The maximum Gasteiger partial charge on any atom is 0.397 e. The molecule has 0 aromatic carbocycles. The summed E-state index contributed by atoms with van der Waals surface area (Å²) < 4.78 is 33.3.